The minimum Gasteiger partial charge on any atom is -0.497 e. The Hall–Kier alpha value is -2.69. The van der Waals surface area contributed by atoms with E-state index in [1.165, 1.54) is 0 Å². The number of benzene rings is 2. The van der Waals surface area contributed by atoms with Crippen LogP contribution in [0.25, 0.3) is 0 Å². The molecule has 2 aromatic carbocycles. The van der Waals surface area contributed by atoms with Crippen LogP contribution in [0.15, 0.2) is 42.5 Å². The van der Waals surface area contributed by atoms with E-state index >= 15 is 0 Å². The van der Waals surface area contributed by atoms with Crippen molar-refractivity contribution in [2.45, 2.75) is 20.3 Å². The molecule has 2 aromatic rings. The van der Waals surface area contributed by atoms with Crippen LogP contribution in [0.1, 0.15) is 17.5 Å². The van der Waals surface area contributed by atoms with Crippen molar-refractivity contribution in [1.82, 2.24) is 5.32 Å². The number of hydrogen-bond acceptors (Lipinski definition) is 3. The predicted octanol–water partition coefficient (Wildman–Crippen LogP) is 3.90. The molecule has 0 bridgehead atoms. The lowest BCUT2D eigenvalue weighted by molar-refractivity contribution is 0.250. The van der Waals surface area contributed by atoms with Crippen molar-refractivity contribution < 1.29 is 14.3 Å². The zero-order valence-corrected chi connectivity index (χ0v) is 14.4. The maximum Gasteiger partial charge on any atom is 0.319 e. The monoisotopic (exact) mass is 328 g/mol. The van der Waals surface area contributed by atoms with Crippen LogP contribution >= 0.6 is 0 Å². The van der Waals surface area contributed by atoms with Crippen LogP contribution in [0.4, 0.5) is 10.5 Å². The van der Waals surface area contributed by atoms with Gasteiger partial charge >= 0.3 is 6.03 Å². The molecule has 0 fully saturated rings. The molecule has 128 valence electrons. The molecule has 2 rings (SSSR count). The molecule has 0 unspecified atom stereocenters. The molecule has 2 amide bonds. The van der Waals surface area contributed by atoms with Crippen LogP contribution in [-0.2, 0) is 0 Å². The summed E-state index contributed by atoms with van der Waals surface area (Å²) in [6.07, 6.45) is 0.735. The number of hydrogen-bond donors (Lipinski definition) is 2. The van der Waals surface area contributed by atoms with Gasteiger partial charge in [-0.15, -0.1) is 0 Å². The lowest BCUT2D eigenvalue weighted by Crippen LogP contribution is -2.30. The van der Waals surface area contributed by atoms with Crippen molar-refractivity contribution >= 4 is 11.7 Å². The minimum atomic E-state index is -0.240. The van der Waals surface area contributed by atoms with E-state index in [4.69, 9.17) is 9.47 Å². The smallest absolute Gasteiger partial charge is 0.319 e. The van der Waals surface area contributed by atoms with Crippen LogP contribution in [0.2, 0.25) is 0 Å². The van der Waals surface area contributed by atoms with Gasteiger partial charge in [0.1, 0.15) is 11.5 Å². The molecule has 24 heavy (non-hydrogen) atoms. The average Bonchev–Trinajstić information content (AvgIpc) is 2.57. The number of ether oxygens (including phenoxy) is 2. The summed E-state index contributed by atoms with van der Waals surface area (Å²) in [6, 6.07) is 13.1. The Morgan fingerprint density at radius 3 is 2.50 bits per heavy atom. The number of anilines is 1. The van der Waals surface area contributed by atoms with Crippen molar-refractivity contribution in [1.29, 1.82) is 0 Å². The molecule has 0 radical (unpaired) electrons. The third kappa shape index (κ3) is 5.19. The second-order valence-corrected chi connectivity index (χ2v) is 5.54. The minimum absolute atomic E-state index is 0.240. The Labute approximate surface area is 143 Å². The highest BCUT2D eigenvalue weighted by atomic mass is 16.5. The third-order valence-electron chi connectivity index (χ3n) is 3.59. The number of carbonyl (C=O) groups excluding carboxylic acids is 1. The molecular weight excluding hydrogens is 304 g/mol. The SMILES string of the molecule is COc1cccc(NC(=O)NCCCOc2c(C)cccc2C)c1. The van der Waals surface area contributed by atoms with E-state index in [2.05, 4.69) is 10.6 Å². The summed E-state index contributed by atoms with van der Waals surface area (Å²) in [5.74, 6) is 1.63. The lowest BCUT2D eigenvalue weighted by Gasteiger charge is -2.12. The largest absolute Gasteiger partial charge is 0.497 e. The van der Waals surface area contributed by atoms with Crippen LogP contribution in [-0.4, -0.2) is 26.3 Å². The number of aryl methyl sites for hydroxylation is 2. The van der Waals surface area contributed by atoms with E-state index < -0.39 is 0 Å². The first-order valence-electron chi connectivity index (χ1n) is 7.98. The molecule has 5 heteroatoms. The fourth-order valence-corrected chi connectivity index (χ4v) is 2.35. The Morgan fingerprint density at radius 1 is 1.08 bits per heavy atom. The first-order chi connectivity index (χ1) is 11.6. The second kappa shape index (κ2) is 8.82. The molecule has 5 nitrogen and oxygen atoms in total. The van der Waals surface area contributed by atoms with Gasteiger partial charge in [0.2, 0.25) is 0 Å². The Bertz CT molecular complexity index is 666. The van der Waals surface area contributed by atoms with Gasteiger partial charge in [0, 0.05) is 18.3 Å². The highest BCUT2D eigenvalue weighted by molar-refractivity contribution is 5.89. The number of nitrogens with one attached hydrogen (secondary N) is 2. The van der Waals surface area contributed by atoms with Gasteiger partial charge in [0.25, 0.3) is 0 Å². The topological polar surface area (TPSA) is 59.6 Å². The molecule has 0 atom stereocenters. The molecule has 2 N–H and O–H groups in total. The number of methoxy groups -OCH3 is 1. The Balaban J connectivity index is 1.69. The maximum absolute atomic E-state index is 11.8. The predicted molar refractivity (Wildman–Crippen MR) is 96.0 cm³/mol. The third-order valence-corrected chi connectivity index (χ3v) is 3.59. The van der Waals surface area contributed by atoms with Crippen LogP contribution in [0.5, 0.6) is 11.5 Å². The molecule has 0 saturated heterocycles. The summed E-state index contributed by atoms with van der Waals surface area (Å²) < 4.78 is 10.9. The van der Waals surface area contributed by atoms with Gasteiger partial charge in [-0.25, -0.2) is 4.79 Å². The number of urea groups is 1. The number of carbonyl (C=O) groups is 1. The van der Waals surface area contributed by atoms with E-state index in [-0.39, 0.29) is 6.03 Å². The van der Waals surface area contributed by atoms with E-state index in [1.807, 2.05) is 50.2 Å². The highest BCUT2D eigenvalue weighted by Gasteiger charge is 2.04. The summed E-state index contributed by atoms with van der Waals surface area (Å²) in [4.78, 5) is 11.8. The Kier molecular flexibility index (Phi) is 6.49. The van der Waals surface area contributed by atoms with Crippen LogP contribution < -0.4 is 20.1 Å². The van der Waals surface area contributed by atoms with Crippen LogP contribution in [0.3, 0.4) is 0 Å². The zero-order valence-electron chi connectivity index (χ0n) is 14.4. The van der Waals surface area contributed by atoms with Crippen molar-refractivity contribution in [3.05, 3.63) is 53.6 Å². The zero-order chi connectivity index (χ0) is 17.4. The Morgan fingerprint density at radius 2 is 1.79 bits per heavy atom. The summed E-state index contributed by atoms with van der Waals surface area (Å²) in [7, 11) is 1.59. The van der Waals surface area contributed by atoms with Crippen molar-refractivity contribution in [3.63, 3.8) is 0 Å². The van der Waals surface area contributed by atoms with E-state index in [0.717, 1.165) is 23.3 Å². The molecule has 0 saturated carbocycles. The number of amides is 2. The molecule has 0 aliphatic heterocycles. The van der Waals surface area contributed by atoms with Gasteiger partial charge < -0.3 is 20.1 Å². The molecule has 0 aliphatic carbocycles. The first kappa shape index (κ1) is 17.7. The van der Waals surface area contributed by atoms with Gasteiger partial charge in [0.15, 0.2) is 0 Å². The van der Waals surface area contributed by atoms with Gasteiger partial charge in [-0.2, -0.15) is 0 Å². The highest BCUT2D eigenvalue weighted by Crippen LogP contribution is 2.22. The first-order valence-corrected chi connectivity index (χ1v) is 7.98. The van der Waals surface area contributed by atoms with Gasteiger partial charge in [0.05, 0.1) is 13.7 Å². The molecular formula is C19H24N2O3. The van der Waals surface area contributed by atoms with E-state index in [9.17, 15) is 4.79 Å². The molecule has 0 heterocycles. The fourth-order valence-electron chi connectivity index (χ4n) is 2.35. The summed E-state index contributed by atoms with van der Waals surface area (Å²) in [6.45, 7) is 5.16. The summed E-state index contributed by atoms with van der Waals surface area (Å²) >= 11 is 0. The van der Waals surface area contributed by atoms with E-state index in [1.54, 1.807) is 13.2 Å². The summed E-state index contributed by atoms with van der Waals surface area (Å²) in [5.41, 5.74) is 2.94. The number of rotatable bonds is 7. The standard InChI is InChI=1S/C19H24N2O3/c1-14-7-4-8-15(2)18(14)24-12-6-11-20-19(22)21-16-9-5-10-17(13-16)23-3/h4-5,7-10,13H,6,11-12H2,1-3H3,(H2,20,21,22). The van der Waals surface area contributed by atoms with Crippen molar-refractivity contribution in [3.8, 4) is 11.5 Å². The molecule has 0 spiro atoms. The van der Waals surface area contributed by atoms with Crippen LogP contribution in [0, 0.1) is 13.8 Å². The normalized spacial score (nSPS) is 10.1. The van der Waals surface area contributed by atoms with Gasteiger partial charge in [-0.3, -0.25) is 0 Å². The van der Waals surface area contributed by atoms with Crippen molar-refractivity contribution in [2.75, 3.05) is 25.6 Å². The van der Waals surface area contributed by atoms with Gasteiger partial charge in [-0.05, 0) is 43.5 Å². The second-order valence-electron chi connectivity index (χ2n) is 5.54. The quantitative estimate of drug-likeness (QED) is 0.758. The maximum atomic E-state index is 11.8. The average molecular weight is 328 g/mol. The molecule has 0 aromatic heterocycles. The van der Waals surface area contributed by atoms with E-state index in [0.29, 0.717) is 24.6 Å². The number of para-hydroxylation sites is 1. The summed E-state index contributed by atoms with van der Waals surface area (Å²) in [5, 5.41) is 5.59. The molecule has 0 aliphatic rings. The fraction of sp³-hybridized carbons (Fsp3) is 0.316. The van der Waals surface area contributed by atoms with Gasteiger partial charge in [-0.1, -0.05) is 24.3 Å². The lowest BCUT2D eigenvalue weighted by atomic mass is 10.1. The van der Waals surface area contributed by atoms with Crippen molar-refractivity contribution in [2.24, 2.45) is 0 Å².